The summed E-state index contributed by atoms with van der Waals surface area (Å²) < 4.78 is 3.95. The van der Waals surface area contributed by atoms with Crippen LogP contribution in [0.5, 0.6) is 0 Å². The van der Waals surface area contributed by atoms with E-state index in [0.29, 0.717) is 10.2 Å². The maximum atomic E-state index is 12.1. The Morgan fingerprint density at radius 3 is 2.75 bits per heavy atom. The van der Waals surface area contributed by atoms with Gasteiger partial charge in [0.2, 0.25) is 0 Å². The lowest BCUT2D eigenvalue weighted by atomic mass is 10.3. The third-order valence-corrected chi connectivity index (χ3v) is 3.64. The summed E-state index contributed by atoms with van der Waals surface area (Å²) >= 11 is 3.35. The zero-order chi connectivity index (χ0) is 14.7. The van der Waals surface area contributed by atoms with E-state index in [-0.39, 0.29) is 17.6 Å². The summed E-state index contributed by atoms with van der Waals surface area (Å²) in [5.74, 6) is 0. The molecule has 20 heavy (non-hydrogen) atoms. The normalized spacial score (nSPS) is 12.7. The second kappa shape index (κ2) is 6.21. The topological polar surface area (TPSA) is 64.7 Å². The second-order valence-corrected chi connectivity index (χ2v) is 5.81. The molecule has 0 amide bonds. The Hall–Kier alpha value is -1.63. The summed E-state index contributed by atoms with van der Waals surface area (Å²) in [6.07, 6.45) is 7.09. The van der Waals surface area contributed by atoms with Crippen LogP contribution in [0.4, 0.5) is 5.69 Å². The average molecular weight is 340 g/mol. The van der Waals surface area contributed by atoms with Gasteiger partial charge in [-0.3, -0.25) is 4.79 Å². The molecule has 0 saturated heterocycles. The van der Waals surface area contributed by atoms with Crippen molar-refractivity contribution in [3.05, 3.63) is 39.7 Å². The van der Waals surface area contributed by atoms with Crippen molar-refractivity contribution in [1.82, 2.24) is 19.3 Å². The number of hydrogen-bond donors (Lipinski definition) is 1. The zero-order valence-electron chi connectivity index (χ0n) is 11.7. The van der Waals surface area contributed by atoms with Crippen LogP contribution in [0.25, 0.3) is 0 Å². The lowest BCUT2D eigenvalue weighted by Gasteiger charge is -2.17. The monoisotopic (exact) mass is 339 g/mol. The highest BCUT2D eigenvalue weighted by molar-refractivity contribution is 9.10. The number of halogens is 1. The molecule has 2 rings (SSSR count). The van der Waals surface area contributed by atoms with Gasteiger partial charge in [0, 0.05) is 25.0 Å². The SMILES string of the molecule is CC(Cn1ccnc1)Nc1cnn(C(C)C)c(=O)c1Br. The second-order valence-electron chi connectivity index (χ2n) is 5.02. The van der Waals surface area contributed by atoms with Gasteiger partial charge in [-0.2, -0.15) is 5.10 Å². The average Bonchev–Trinajstić information content (AvgIpc) is 2.87. The van der Waals surface area contributed by atoms with Gasteiger partial charge < -0.3 is 9.88 Å². The maximum absolute atomic E-state index is 12.1. The minimum Gasteiger partial charge on any atom is -0.378 e. The standard InChI is InChI=1S/C13H18BrN5O/c1-9(2)19-13(20)12(14)11(6-16-19)17-10(3)7-18-5-4-15-8-18/h4-6,8-10,17H,7H2,1-3H3. The molecular weight excluding hydrogens is 322 g/mol. The molecule has 0 aliphatic carbocycles. The molecule has 7 heteroatoms. The Labute approximate surface area is 126 Å². The first kappa shape index (κ1) is 14.8. The summed E-state index contributed by atoms with van der Waals surface area (Å²) in [4.78, 5) is 16.1. The fourth-order valence-corrected chi connectivity index (χ4v) is 2.33. The molecule has 0 saturated carbocycles. The summed E-state index contributed by atoms with van der Waals surface area (Å²) in [5.41, 5.74) is 0.583. The van der Waals surface area contributed by atoms with Crippen molar-refractivity contribution in [1.29, 1.82) is 0 Å². The van der Waals surface area contributed by atoms with Crippen LogP contribution >= 0.6 is 15.9 Å². The van der Waals surface area contributed by atoms with Crippen molar-refractivity contribution >= 4 is 21.6 Å². The van der Waals surface area contributed by atoms with Gasteiger partial charge in [0.15, 0.2) is 0 Å². The van der Waals surface area contributed by atoms with Gasteiger partial charge in [-0.1, -0.05) is 0 Å². The first-order chi connectivity index (χ1) is 9.49. The fourth-order valence-electron chi connectivity index (χ4n) is 1.94. The van der Waals surface area contributed by atoms with E-state index in [9.17, 15) is 4.79 Å². The van der Waals surface area contributed by atoms with Crippen molar-refractivity contribution in [3.63, 3.8) is 0 Å². The van der Waals surface area contributed by atoms with Crippen LogP contribution in [0.15, 0.2) is 34.2 Å². The molecule has 1 atom stereocenters. The van der Waals surface area contributed by atoms with Gasteiger partial charge in [0.1, 0.15) is 4.47 Å². The molecule has 2 aromatic heterocycles. The largest absolute Gasteiger partial charge is 0.378 e. The van der Waals surface area contributed by atoms with E-state index in [1.807, 2.05) is 31.5 Å². The van der Waals surface area contributed by atoms with Crippen LogP contribution in [0, 0.1) is 0 Å². The number of rotatable bonds is 5. The molecule has 6 nitrogen and oxygen atoms in total. The summed E-state index contributed by atoms with van der Waals surface area (Å²) in [6.45, 7) is 6.66. The molecular formula is C13H18BrN5O. The van der Waals surface area contributed by atoms with Gasteiger partial charge in [-0.15, -0.1) is 0 Å². The van der Waals surface area contributed by atoms with E-state index in [1.54, 1.807) is 18.7 Å². The van der Waals surface area contributed by atoms with E-state index in [4.69, 9.17) is 0 Å². The van der Waals surface area contributed by atoms with Crippen LogP contribution in [-0.2, 0) is 6.54 Å². The number of nitrogens with zero attached hydrogens (tertiary/aromatic N) is 4. The van der Waals surface area contributed by atoms with Gasteiger partial charge >= 0.3 is 0 Å². The summed E-state index contributed by atoms with van der Waals surface area (Å²) in [5, 5.41) is 7.47. The van der Waals surface area contributed by atoms with E-state index in [0.717, 1.165) is 6.54 Å². The predicted octanol–water partition coefficient (Wildman–Crippen LogP) is 2.28. The third kappa shape index (κ3) is 3.27. The van der Waals surface area contributed by atoms with Crippen LogP contribution in [0.1, 0.15) is 26.8 Å². The third-order valence-electron chi connectivity index (χ3n) is 2.88. The smallest absolute Gasteiger partial charge is 0.283 e. The quantitative estimate of drug-likeness (QED) is 0.907. The van der Waals surface area contributed by atoms with Gasteiger partial charge in [0.25, 0.3) is 5.56 Å². The lowest BCUT2D eigenvalue weighted by molar-refractivity contribution is 0.500. The van der Waals surface area contributed by atoms with Crippen LogP contribution in [0.3, 0.4) is 0 Å². The minimum atomic E-state index is -0.125. The Morgan fingerprint density at radius 2 is 2.15 bits per heavy atom. The summed E-state index contributed by atoms with van der Waals surface area (Å²) in [6, 6.07) is 0.188. The van der Waals surface area contributed by atoms with E-state index in [2.05, 4.69) is 31.3 Å². The Morgan fingerprint density at radius 1 is 1.40 bits per heavy atom. The molecule has 0 spiro atoms. The molecule has 0 radical (unpaired) electrons. The molecule has 0 aliphatic rings. The molecule has 1 unspecified atom stereocenters. The number of anilines is 1. The van der Waals surface area contributed by atoms with E-state index < -0.39 is 0 Å². The first-order valence-electron chi connectivity index (χ1n) is 6.48. The van der Waals surface area contributed by atoms with Gasteiger partial charge in [-0.25, -0.2) is 9.67 Å². The van der Waals surface area contributed by atoms with Crippen LogP contribution in [-0.4, -0.2) is 25.4 Å². The molecule has 108 valence electrons. The molecule has 0 bridgehead atoms. The number of aromatic nitrogens is 4. The molecule has 0 aliphatic heterocycles. The van der Waals surface area contributed by atoms with Crippen molar-refractivity contribution in [2.75, 3.05) is 5.32 Å². The molecule has 2 aromatic rings. The Bertz CT molecular complexity index is 620. The molecule has 0 aromatic carbocycles. The number of hydrogen-bond acceptors (Lipinski definition) is 4. The molecule has 0 fully saturated rings. The molecule has 1 N–H and O–H groups in total. The van der Waals surface area contributed by atoms with Crippen LogP contribution < -0.4 is 10.9 Å². The highest BCUT2D eigenvalue weighted by Crippen LogP contribution is 2.18. The van der Waals surface area contributed by atoms with Crippen molar-refractivity contribution in [3.8, 4) is 0 Å². The van der Waals surface area contributed by atoms with Crippen LogP contribution in [0.2, 0.25) is 0 Å². The van der Waals surface area contributed by atoms with Gasteiger partial charge in [-0.05, 0) is 36.7 Å². The predicted molar refractivity (Wildman–Crippen MR) is 81.9 cm³/mol. The summed E-state index contributed by atoms with van der Waals surface area (Å²) in [7, 11) is 0. The lowest BCUT2D eigenvalue weighted by Crippen LogP contribution is -2.28. The van der Waals surface area contributed by atoms with Gasteiger partial charge in [0.05, 0.1) is 24.3 Å². The fraction of sp³-hybridized carbons (Fsp3) is 0.462. The van der Waals surface area contributed by atoms with Crippen molar-refractivity contribution in [2.24, 2.45) is 0 Å². The van der Waals surface area contributed by atoms with Crippen molar-refractivity contribution in [2.45, 2.75) is 39.4 Å². The highest BCUT2D eigenvalue weighted by Gasteiger charge is 2.12. The number of nitrogens with one attached hydrogen (secondary N) is 1. The Balaban J connectivity index is 2.14. The Kier molecular flexibility index (Phi) is 4.59. The minimum absolute atomic E-state index is 0.0382. The zero-order valence-corrected chi connectivity index (χ0v) is 13.3. The first-order valence-corrected chi connectivity index (χ1v) is 7.28. The maximum Gasteiger partial charge on any atom is 0.283 e. The van der Waals surface area contributed by atoms with Crippen molar-refractivity contribution < 1.29 is 0 Å². The van der Waals surface area contributed by atoms with E-state index >= 15 is 0 Å². The van der Waals surface area contributed by atoms with E-state index in [1.165, 1.54) is 4.68 Å². The highest BCUT2D eigenvalue weighted by atomic mass is 79.9. The number of imidazole rings is 1. The molecule has 2 heterocycles.